The molecule has 88 valence electrons. The van der Waals surface area contributed by atoms with E-state index in [1.54, 1.807) is 39.1 Å². The number of hydrogen-bond acceptors (Lipinski definition) is 3. The average Bonchev–Trinajstić information content (AvgIpc) is 2.17. The Morgan fingerprint density at radius 2 is 2.25 bits per heavy atom. The largest absolute Gasteiger partial charge is 0.391 e. The van der Waals surface area contributed by atoms with Gasteiger partial charge in [0.1, 0.15) is 5.69 Å². The molecule has 1 amide bonds. The lowest BCUT2D eigenvalue weighted by atomic mass is 9.98. The van der Waals surface area contributed by atoms with E-state index in [4.69, 9.17) is 0 Å². The predicted octanol–water partition coefficient (Wildman–Crippen LogP) is 1.73. The molecule has 0 radical (unpaired) electrons. The lowest BCUT2D eigenvalue weighted by molar-refractivity contribution is 0.0704. The summed E-state index contributed by atoms with van der Waals surface area (Å²) in [6.45, 7) is 5.15. The third-order valence-electron chi connectivity index (χ3n) is 2.45. The first-order valence-corrected chi connectivity index (χ1v) is 5.75. The summed E-state index contributed by atoms with van der Waals surface area (Å²) in [5, 5.41) is 12.2. The van der Waals surface area contributed by atoms with Crippen LogP contribution < -0.4 is 5.32 Å². The maximum atomic E-state index is 11.9. The molecule has 4 nitrogen and oxygen atoms in total. The molecule has 5 heteroatoms. The molecule has 0 bridgehead atoms. The Kier molecular flexibility index (Phi) is 4.04. The number of hydrogen-bond donors (Lipinski definition) is 2. The fourth-order valence-electron chi connectivity index (χ4n) is 1.01. The van der Waals surface area contributed by atoms with Gasteiger partial charge in [-0.3, -0.25) is 4.79 Å². The van der Waals surface area contributed by atoms with Crippen LogP contribution >= 0.6 is 15.9 Å². The fraction of sp³-hybridized carbons (Fsp3) is 0.455. The summed E-state index contributed by atoms with van der Waals surface area (Å²) in [4.78, 5) is 15.9. The van der Waals surface area contributed by atoms with Gasteiger partial charge in [-0.1, -0.05) is 0 Å². The molecule has 0 aliphatic rings. The number of aliphatic hydroxyl groups excluding tert-OH is 1. The van der Waals surface area contributed by atoms with Gasteiger partial charge in [0, 0.05) is 10.7 Å². The quantitative estimate of drug-likeness (QED) is 0.890. The monoisotopic (exact) mass is 286 g/mol. The van der Waals surface area contributed by atoms with Gasteiger partial charge in [0.25, 0.3) is 5.91 Å². The molecule has 16 heavy (non-hydrogen) atoms. The van der Waals surface area contributed by atoms with E-state index in [2.05, 4.69) is 26.2 Å². The molecule has 0 spiro atoms. The Bertz CT molecular complexity index is 391. The number of nitrogens with one attached hydrogen (secondary N) is 1. The molecule has 2 N–H and O–H groups in total. The Morgan fingerprint density at radius 1 is 1.62 bits per heavy atom. The summed E-state index contributed by atoms with van der Waals surface area (Å²) in [7, 11) is 0. The van der Waals surface area contributed by atoms with Crippen LogP contribution in [0.15, 0.2) is 22.8 Å². The second kappa shape index (κ2) is 4.93. The van der Waals surface area contributed by atoms with Crippen molar-refractivity contribution in [1.29, 1.82) is 0 Å². The van der Waals surface area contributed by atoms with E-state index in [0.717, 1.165) is 0 Å². The topological polar surface area (TPSA) is 62.2 Å². The molecule has 0 aromatic carbocycles. The minimum absolute atomic E-state index is 0.307. The summed E-state index contributed by atoms with van der Waals surface area (Å²) in [5.41, 5.74) is -0.371. The third kappa shape index (κ3) is 3.02. The molecule has 0 saturated heterocycles. The van der Waals surface area contributed by atoms with Crippen LogP contribution in [0.3, 0.4) is 0 Å². The standard InChI is InChI=1S/C11H15BrN2O2/c1-7(15)11(2,3)14-10(16)9-8(12)5-4-6-13-9/h4-7,15H,1-3H3,(H,14,16). The van der Waals surface area contributed by atoms with Crippen LogP contribution in [0.2, 0.25) is 0 Å². The van der Waals surface area contributed by atoms with Crippen LogP contribution in [0.5, 0.6) is 0 Å². The van der Waals surface area contributed by atoms with Crippen LogP contribution in [0.1, 0.15) is 31.3 Å². The smallest absolute Gasteiger partial charge is 0.271 e. The molecule has 0 aliphatic carbocycles. The third-order valence-corrected chi connectivity index (χ3v) is 3.09. The van der Waals surface area contributed by atoms with Crippen molar-refractivity contribution in [3.05, 3.63) is 28.5 Å². The number of aliphatic hydroxyl groups is 1. The molecule has 1 heterocycles. The van der Waals surface area contributed by atoms with Crippen LogP contribution in [-0.4, -0.2) is 27.6 Å². The highest BCUT2D eigenvalue weighted by atomic mass is 79.9. The van der Waals surface area contributed by atoms with Crippen molar-refractivity contribution >= 4 is 21.8 Å². The summed E-state index contributed by atoms with van der Waals surface area (Å²) in [6.07, 6.45) is 0.911. The lowest BCUT2D eigenvalue weighted by Gasteiger charge is -2.29. The zero-order valence-corrected chi connectivity index (χ0v) is 11.1. The van der Waals surface area contributed by atoms with E-state index in [9.17, 15) is 9.90 Å². The fourth-order valence-corrected chi connectivity index (χ4v) is 1.44. The number of nitrogens with zero attached hydrogens (tertiary/aromatic N) is 1. The van der Waals surface area contributed by atoms with Gasteiger partial charge in [-0.15, -0.1) is 0 Å². The molecule has 0 fully saturated rings. The summed E-state index contributed by atoms with van der Waals surface area (Å²) in [5.74, 6) is -0.307. The molecular weight excluding hydrogens is 272 g/mol. The number of halogens is 1. The maximum Gasteiger partial charge on any atom is 0.271 e. The maximum absolute atomic E-state index is 11.9. The average molecular weight is 287 g/mol. The molecular formula is C11H15BrN2O2. The van der Waals surface area contributed by atoms with Crippen molar-refractivity contribution in [3.63, 3.8) is 0 Å². The van der Waals surface area contributed by atoms with Crippen molar-refractivity contribution < 1.29 is 9.90 Å². The summed E-state index contributed by atoms with van der Waals surface area (Å²) < 4.78 is 0.633. The van der Waals surface area contributed by atoms with Gasteiger partial charge in [-0.25, -0.2) is 4.98 Å². The molecule has 1 aromatic rings. The Balaban J connectivity index is 2.85. The Hall–Kier alpha value is -0.940. The van der Waals surface area contributed by atoms with Gasteiger partial charge in [0.05, 0.1) is 11.6 Å². The number of aromatic nitrogens is 1. The number of carbonyl (C=O) groups excluding carboxylic acids is 1. The van der Waals surface area contributed by atoms with Crippen LogP contribution in [0.25, 0.3) is 0 Å². The van der Waals surface area contributed by atoms with E-state index in [0.29, 0.717) is 10.2 Å². The molecule has 1 aromatic heterocycles. The molecule has 0 aliphatic heterocycles. The van der Waals surface area contributed by atoms with E-state index in [-0.39, 0.29) is 5.91 Å². The molecule has 0 saturated carbocycles. The van der Waals surface area contributed by atoms with Gasteiger partial charge in [0.2, 0.25) is 0 Å². The van der Waals surface area contributed by atoms with E-state index < -0.39 is 11.6 Å². The lowest BCUT2D eigenvalue weighted by Crippen LogP contribution is -2.51. The van der Waals surface area contributed by atoms with Crippen LogP contribution in [0.4, 0.5) is 0 Å². The first-order chi connectivity index (χ1) is 7.34. The Labute approximate surface area is 103 Å². The normalized spacial score (nSPS) is 13.3. The SMILES string of the molecule is CC(O)C(C)(C)NC(=O)c1ncccc1Br. The van der Waals surface area contributed by atoms with Crippen molar-refractivity contribution in [3.8, 4) is 0 Å². The molecule has 1 rings (SSSR count). The van der Waals surface area contributed by atoms with Crippen LogP contribution in [-0.2, 0) is 0 Å². The van der Waals surface area contributed by atoms with E-state index in [1.165, 1.54) is 0 Å². The van der Waals surface area contributed by atoms with Crippen molar-refractivity contribution in [1.82, 2.24) is 10.3 Å². The van der Waals surface area contributed by atoms with Gasteiger partial charge in [-0.05, 0) is 48.8 Å². The first kappa shape index (κ1) is 13.1. The zero-order chi connectivity index (χ0) is 12.3. The minimum atomic E-state index is -0.686. The van der Waals surface area contributed by atoms with Crippen LogP contribution in [0, 0.1) is 0 Å². The predicted molar refractivity (Wildman–Crippen MR) is 65.2 cm³/mol. The van der Waals surface area contributed by atoms with Crippen molar-refractivity contribution in [2.24, 2.45) is 0 Å². The van der Waals surface area contributed by atoms with Crippen molar-refractivity contribution in [2.75, 3.05) is 0 Å². The summed E-state index contributed by atoms with van der Waals surface area (Å²) >= 11 is 3.26. The van der Waals surface area contributed by atoms with Crippen molar-refractivity contribution in [2.45, 2.75) is 32.4 Å². The zero-order valence-electron chi connectivity index (χ0n) is 9.49. The van der Waals surface area contributed by atoms with E-state index in [1.807, 2.05) is 0 Å². The highest BCUT2D eigenvalue weighted by Crippen LogP contribution is 2.15. The molecule has 1 atom stereocenters. The second-order valence-electron chi connectivity index (χ2n) is 4.19. The number of carbonyl (C=O) groups is 1. The van der Waals surface area contributed by atoms with Gasteiger partial charge < -0.3 is 10.4 Å². The number of rotatable bonds is 3. The Morgan fingerprint density at radius 3 is 2.75 bits per heavy atom. The highest BCUT2D eigenvalue weighted by Gasteiger charge is 2.27. The minimum Gasteiger partial charge on any atom is -0.391 e. The van der Waals surface area contributed by atoms with Gasteiger partial charge >= 0.3 is 0 Å². The summed E-state index contributed by atoms with van der Waals surface area (Å²) in [6, 6.07) is 3.48. The van der Waals surface area contributed by atoms with Gasteiger partial charge in [-0.2, -0.15) is 0 Å². The van der Waals surface area contributed by atoms with Gasteiger partial charge in [0.15, 0.2) is 0 Å². The highest BCUT2D eigenvalue weighted by molar-refractivity contribution is 9.10. The first-order valence-electron chi connectivity index (χ1n) is 4.95. The number of pyridine rings is 1. The number of amides is 1. The molecule has 1 unspecified atom stereocenters. The van der Waals surface area contributed by atoms with E-state index >= 15 is 0 Å². The second-order valence-corrected chi connectivity index (χ2v) is 5.04.